The summed E-state index contributed by atoms with van der Waals surface area (Å²) in [7, 11) is -6.18. The van der Waals surface area contributed by atoms with Crippen LogP contribution >= 0.6 is 7.82 Å². The molecule has 4 saturated carbocycles. The van der Waals surface area contributed by atoms with Crippen molar-refractivity contribution in [3.63, 3.8) is 0 Å². The van der Waals surface area contributed by atoms with E-state index in [2.05, 4.69) is 0 Å². The summed E-state index contributed by atoms with van der Waals surface area (Å²) in [5.41, 5.74) is -1.42. The first-order valence-corrected chi connectivity index (χ1v) is 11.3. The zero-order chi connectivity index (χ0) is 23.9. The molecule has 1 saturated heterocycles. The summed E-state index contributed by atoms with van der Waals surface area (Å²) in [6.07, 6.45) is 3.82. The first kappa shape index (κ1) is 22.9. The molecule has 5 aliphatic rings. The van der Waals surface area contributed by atoms with Crippen molar-refractivity contribution in [2.24, 2.45) is 17.8 Å². The van der Waals surface area contributed by atoms with Crippen molar-refractivity contribution in [2.75, 3.05) is 14.1 Å². The van der Waals surface area contributed by atoms with Gasteiger partial charge in [-0.05, 0) is 50.2 Å². The average Bonchev–Trinajstić information content (AvgIpc) is 2.69. The van der Waals surface area contributed by atoms with Crippen molar-refractivity contribution < 1.29 is 101 Å². The Bertz CT molecular complexity index is 1060. The molecule has 1 aliphatic heterocycles. The molecule has 32 heavy (non-hydrogen) atoms. The molecule has 162 valence electrons. The van der Waals surface area contributed by atoms with Gasteiger partial charge in [0.1, 0.15) is 11.8 Å². The van der Waals surface area contributed by atoms with Crippen molar-refractivity contribution in [3.05, 3.63) is 29.3 Å². The molecule has 1 aromatic rings. The first-order chi connectivity index (χ1) is 15.4. The Balaban J connectivity index is 0.00000171. The van der Waals surface area contributed by atoms with E-state index in [1.807, 2.05) is 6.07 Å². The number of phosphoric acid groups is 1. The molecule has 0 amide bonds. The summed E-state index contributed by atoms with van der Waals surface area (Å²) in [6, 6.07) is 5.72. The van der Waals surface area contributed by atoms with Gasteiger partial charge in [-0.15, -0.1) is 0 Å². The number of ether oxygens (including phenoxy) is 2. The summed E-state index contributed by atoms with van der Waals surface area (Å²) in [6.45, 7) is 0. The van der Waals surface area contributed by atoms with E-state index >= 15 is 0 Å². The minimum Gasteiger partial charge on any atom is -0.403 e. The maximum absolute atomic E-state index is 11.5. The fourth-order valence-electron chi connectivity index (χ4n) is 6.48. The van der Waals surface area contributed by atoms with Crippen LogP contribution in [-0.4, -0.2) is 35.1 Å². The molecular weight excluding hydrogens is 459 g/mol. The number of phosphoric ester groups is 1. The quantitative estimate of drug-likeness (QED) is 0.251. The van der Waals surface area contributed by atoms with Gasteiger partial charge in [-0.3, -0.25) is 9.79 Å². The SMILES string of the molecule is [2H]C([2H])([2H])OC1(c2ccc(C#N)c(OP(=O)(O)O)c2)OOC12C1CC3CC2CC(OC)(C3)C1.[Na+].[Na+]. The van der Waals surface area contributed by atoms with E-state index in [0.29, 0.717) is 18.8 Å². The summed E-state index contributed by atoms with van der Waals surface area (Å²) in [5, 5.41) is 9.36. The third-order valence-corrected chi connectivity index (χ3v) is 7.87. The van der Waals surface area contributed by atoms with Gasteiger partial charge in [0.15, 0.2) is 5.60 Å². The number of nitrogens with zero attached hydrogens (tertiary/aromatic N) is 1. The minimum atomic E-state index is -5.00. The smallest absolute Gasteiger partial charge is 0.403 e. The van der Waals surface area contributed by atoms with Gasteiger partial charge in [0.2, 0.25) is 0 Å². The van der Waals surface area contributed by atoms with Crippen LogP contribution in [0.3, 0.4) is 0 Å². The Hall–Kier alpha value is 0.500. The maximum Gasteiger partial charge on any atom is 1.00 e. The number of hydrogen-bond acceptors (Lipinski definition) is 7. The summed E-state index contributed by atoms with van der Waals surface area (Å²) in [4.78, 5) is 29.9. The van der Waals surface area contributed by atoms with Gasteiger partial charge in [0.05, 0.1) is 15.3 Å². The molecular formula is C20H24NNa2O8P+2. The summed E-state index contributed by atoms with van der Waals surface area (Å²) in [5.74, 6) is -2.11. The molecule has 9 nitrogen and oxygen atoms in total. The normalized spacial score (nSPS) is 40.7. The van der Waals surface area contributed by atoms with Crippen LogP contribution in [0.1, 0.15) is 47.3 Å². The first-order valence-electron chi connectivity index (χ1n) is 11.3. The molecule has 3 atom stereocenters. The largest absolute Gasteiger partial charge is 1.00 e. The second-order valence-corrected chi connectivity index (χ2v) is 9.98. The Labute approximate surface area is 235 Å². The summed E-state index contributed by atoms with van der Waals surface area (Å²) >= 11 is 0. The summed E-state index contributed by atoms with van der Waals surface area (Å²) < 4.78 is 51.2. The van der Waals surface area contributed by atoms with Crippen LogP contribution in [0.4, 0.5) is 0 Å². The zero-order valence-corrected chi connectivity index (χ0v) is 23.1. The second kappa shape index (κ2) is 9.18. The molecule has 1 spiro atoms. The van der Waals surface area contributed by atoms with Gasteiger partial charge in [-0.2, -0.15) is 10.1 Å². The van der Waals surface area contributed by atoms with Crippen LogP contribution in [-0.2, 0) is 29.6 Å². The van der Waals surface area contributed by atoms with E-state index in [0.717, 1.165) is 19.3 Å². The van der Waals surface area contributed by atoms with E-state index < -0.39 is 32.0 Å². The van der Waals surface area contributed by atoms with E-state index in [1.54, 1.807) is 7.11 Å². The molecule has 5 fully saturated rings. The maximum atomic E-state index is 11.5. The van der Waals surface area contributed by atoms with Crippen LogP contribution in [0.25, 0.3) is 0 Å². The number of methoxy groups -OCH3 is 2. The van der Waals surface area contributed by atoms with Crippen LogP contribution < -0.4 is 63.6 Å². The third kappa shape index (κ3) is 3.81. The van der Waals surface area contributed by atoms with Crippen LogP contribution in [0.15, 0.2) is 18.2 Å². The fraction of sp³-hybridized carbons (Fsp3) is 0.650. The van der Waals surface area contributed by atoms with Crippen LogP contribution in [0.5, 0.6) is 5.75 Å². The topological polar surface area (TPSA) is 127 Å². The molecule has 0 radical (unpaired) electrons. The Morgan fingerprint density at radius 1 is 1.19 bits per heavy atom. The number of benzene rings is 1. The Kier molecular flexibility index (Phi) is 6.58. The predicted octanol–water partition coefficient (Wildman–Crippen LogP) is -3.24. The van der Waals surface area contributed by atoms with E-state index in [1.165, 1.54) is 18.2 Å². The Morgan fingerprint density at radius 2 is 1.88 bits per heavy atom. The second-order valence-electron chi connectivity index (χ2n) is 8.81. The third-order valence-electron chi connectivity index (χ3n) is 7.43. The van der Waals surface area contributed by atoms with E-state index in [9.17, 15) is 19.6 Å². The molecule has 0 aromatic heterocycles. The molecule has 4 aliphatic carbocycles. The van der Waals surface area contributed by atoms with Crippen LogP contribution in [0, 0.1) is 29.1 Å². The standard InChI is InChI=1S/C20H24NO8P.2Na/c1-25-18-8-12-5-15(9-18)19(16(6-12)10-18)20(26-2,29-28-19)14-4-3-13(11-21)17(7-14)27-30(22,23)24;;/h3-4,7,12,15-16H,5-6,8-10H2,1-2H3,(H2,22,23,24);;/q;2*+1/i2D3;;. The molecule has 4 bridgehead atoms. The van der Waals surface area contributed by atoms with Gasteiger partial charge in [-0.1, -0.05) is 6.07 Å². The molecule has 12 heteroatoms. The number of nitriles is 1. The van der Waals surface area contributed by atoms with Crippen molar-refractivity contribution in [2.45, 2.75) is 49.1 Å². The van der Waals surface area contributed by atoms with E-state index in [-0.39, 0.29) is 87.7 Å². The molecule has 1 aromatic carbocycles. The van der Waals surface area contributed by atoms with Gasteiger partial charge in [-0.25, -0.2) is 9.45 Å². The van der Waals surface area contributed by atoms with Crippen LogP contribution in [0.2, 0.25) is 0 Å². The molecule has 2 N–H and O–H groups in total. The van der Waals surface area contributed by atoms with Crippen molar-refractivity contribution >= 4 is 7.82 Å². The average molecular weight is 486 g/mol. The monoisotopic (exact) mass is 486 g/mol. The molecule has 3 unspecified atom stereocenters. The predicted molar refractivity (Wildman–Crippen MR) is 101 cm³/mol. The Morgan fingerprint density at radius 3 is 2.38 bits per heavy atom. The van der Waals surface area contributed by atoms with Crippen molar-refractivity contribution in [1.82, 2.24) is 0 Å². The molecule has 6 rings (SSSR count). The van der Waals surface area contributed by atoms with Gasteiger partial charge in [0, 0.05) is 31.5 Å². The number of hydrogen-bond donors (Lipinski definition) is 2. The van der Waals surface area contributed by atoms with Crippen molar-refractivity contribution in [3.8, 4) is 11.8 Å². The minimum absolute atomic E-state index is 0. The molecule has 1 heterocycles. The fourth-order valence-corrected chi connectivity index (χ4v) is 6.89. The van der Waals surface area contributed by atoms with E-state index in [4.69, 9.17) is 27.9 Å². The van der Waals surface area contributed by atoms with Gasteiger partial charge < -0.3 is 14.0 Å². The van der Waals surface area contributed by atoms with Crippen molar-refractivity contribution in [1.29, 1.82) is 5.26 Å². The number of rotatable bonds is 5. The van der Waals surface area contributed by atoms with Gasteiger partial charge >= 0.3 is 66.9 Å². The van der Waals surface area contributed by atoms with Gasteiger partial charge in [0.25, 0.3) is 5.79 Å². The zero-order valence-electron chi connectivity index (χ0n) is 21.2.